The average Bonchev–Trinajstić information content (AvgIpc) is 3.42. The fourth-order valence-corrected chi connectivity index (χ4v) is 6.68. The van der Waals surface area contributed by atoms with Crippen molar-refractivity contribution in [2.45, 2.75) is 12.6 Å². The van der Waals surface area contributed by atoms with E-state index in [4.69, 9.17) is 9.47 Å². The van der Waals surface area contributed by atoms with Gasteiger partial charge < -0.3 is 9.47 Å². The molecule has 9 heteroatoms. The van der Waals surface area contributed by atoms with Crippen molar-refractivity contribution in [2.75, 3.05) is 14.2 Å². The summed E-state index contributed by atoms with van der Waals surface area (Å²) in [6, 6.07) is 27.1. The highest BCUT2D eigenvalue weighted by molar-refractivity contribution is 7.21. The van der Waals surface area contributed by atoms with E-state index in [2.05, 4.69) is 0 Å². The standard InChI is InChI=1S/C34H24F3NO4S/c1-41-26-16-12-22(13-17-26)31-30(33(40)42-2)38-28(39)19-24(18-23-8-5-7-20-6-3-4-9-27(20)23)29(32(38)43-31)21-10-14-25(15-11-21)34(35,36)37/h3-17,19H,18H2,1-2H3. The van der Waals surface area contributed by atoms with E-state index in [1.54, 1.807) is 31.4 Å². The highest BCUT2D eigenvalue weighted by Gasteiger charge is 2.31. The summed E-state index contributed by atoms with van der Waals surface area (Å²) in [4.78, 5) is 27.9. The van der Waals surface area contributed by atoms with Gasteiger partial charge in [0, 0.05) is 11.6 Å². The third-order valence-electron chi connectivity index (χ3n) is 7.39. The van der Waals surface area contributed by atoms with E-state index in [1.165, 1.54) is 41.0 Å². The van der Waals surface area contributed by atoms with Crippen LogP contribution < -0.4 is 10.3 Å². The van der Waals surface area contributed by atoms with Gasteiger partial charge in [0.1, 0.15) is 10.6 Å². The summed E-state index contributed by atoms with van der Waals surface area (Å²) in [5, 5.41) is 2.03. The van der Waals surface area contributed by atoms with Gasteiger partial charge in [0.25, 0.3) is 5.56 Å². The van der Waals surface area contributed by atoms with Crippen molar-refractivity contribution < 1.29 is 27.4 Å². The third kappa shape index (κ3) is 5.17. The van der Waals surface area contributed by atoms with E-state index in [9.17, 15) is 22.8 Å². The van der Waals surface area contributed by atoms with Crippen molar-refractivity contribution in [3.05, 3.63) is 130 Å². The van der Waals surface area contributed by atoms with E-state index in [0.29, 0.717) is 44.1 Å². The predicted octanol–water partition coefficient (Wildman–Crippen LogP) is 8.25. The van der Waals surface area contributed by atoms with E-state index in [0.717, 1.165) is 28.5 Å². The number of fused-ring (bicyclic) bond motifs is 2. The first-order chi connectivity index (χ1) is 20.7. The molecule has 0 radical (unpaired) electrons. The summed E-state index contributed by atoms with van der Waals surface area (Å²) in [7, 11) is 2.78. The highest BCUT2D eigenvalue weighted by atomic mass is 32.1. The van der Waals surface area contributed by atoms with Crippen molar-refractivity contribution in [3.8, 4) is 27.3 Å². The first-order valence-corrected chi connectivity index (χ1v) is 14.1. The molecule has 2 aromatic heterocycles. The fourth-order valence-electron chi connectivity index (χ4n) is 5.33. The molecule has 0 N–H and O–H groups in total. The third-order valence-corrected chi connectivity index (χ3v) is 8.60. The number of nitrogens with zero attached hydrogens (tertiary/aromatic N) is 1. The Morgan fingerprint density at radius 3 is 2.19 bits per heavy atom. The number of benzene rings is 4. The molecule has 0 spiro atoms. The van der Waals surface area contributed by atoms with Crippen LogP contribution in [0.2, 0.25) is 0 Å². The summed E-state index contributed by atoms with van der Waals surface area (Å²) < 4.78 is 52.1. The zero-order valence-electron chi connectivity index (χ0n) is 23.1. The number of ether oxygens (including phenoxy) is 2. The van der Waals surface area contributed by atoms with Gasteiger partial charge in [-0.3, -0.25) is 9.20 Å². The number of carbonyl (C=O) groups excluding carboxylic acids is 1. The SMILES string of the molecule is COC(=O)c1c(-c2ccc(OC)cc2)sc2c(-c3ccc(C(F)(F)F)cc3)c(Cc3cccc4ccccc34)cc(=O)n12. The Morgan fingerprint density at radius 1 is 0.837 bits per heavy atom. The van der Waals surface area contributed by atoms with Crippen LogP contribution in [0.25, 0.3) is 37.2 Å². The Balaban J connectivity index is 1.66. The number of rotatable bonds is 6. The second-order valence-electron chi connectivity index (χ2n) is 9.91. The van der Waals surface area contributed by atoms with Crippen LogP contribution in [0.15, 0.2) is 102 Å². The van der Waals surface area contributed by atoms with Crippen LogP contribution >= 0.6 is 11.3 Å². The number of hydrogen-bond acceptors (Lipinski definition) is 5. The van der Waals surface area contributed by atoms with Gasteiger partial charge in [0.2, 0.25) is 0 Å². The summed E-state index contributed by atoms with van der Waals surface area (Å²) in [5.41, 5.74) is 2.10. The Hall–Kier alpha value is -4.89. The van der Waals surface area contributed by atoms with Crippen LogP contribution in [0.4, 0.5) is 13.2 Å². The van der Waals surface area contributed by atoms with Crippen LogP contribution in [0, 0.1) is 0 Å². The highest BCUT2D eigenvalue weighted by Crippen LogP contribution is 2.41. The Kier molecular flexibility index (Phi) is 7.27. The van der Waals surface area contributed by atoms with Gasteiger partial charge in [-0.2, -0.15) is 13.2 Å². The lowest BCUT2D eigenvalue weighted by Crippen LogP contribution is -2.20. The molecule has 5 nitrogen and oxygen atoms in total. The minimum absolute atomic E-state index is 0.0440. The first-order valence-electron chi connectivity index (χ1n) is 13.3. The summed E-state index contributed by atoms with van der Waals surface area (Å²) in [5.74, 6) is -0.0937. The largest absolute Gasteiger partial charge is 0.497 e. The lowest BCUT2D eigenvalue weighted by Gasteiger charge is -2.15. The quantitative estimate of drug-likeness (QED) is 0.181. The number of esters is 1. The molecule has 216 valence electrons. The molecule has 0 unspecified atom stereocenters. The second kappa shape index (κ2) is 11.1. The van der Waals surface area contributed by atoms with Gasteiger partial charge in [0.15, 0.2) is 5.69 Å². The maximum Gasteiger partial charge on any atom is 0.416 e. The molecule has 4 aromatic carbocycles. The summed E-state index contributed by atoms with van der Waals surface area (Å²) in [6.45, 7) is 0. The number of pyridine rings is 1. The van der Waals surface area contributed by atoms with E-state index in [1.807, 2.05) is 42.5 Å². The number of methoxy groups -OCH3 is 2. The molecule has 0 amide bonds. The number of hydrogen-bond donors (Lipinski definition) is 0. The van der Waals surface area contributed by atoms with Crippen LogP contribution in [0.5, 0.6) is 5.75 Å². The molecule has 0 atom stereocenters. The van der Waals surface area contributed by atoms with Crippen molar-refractivity contribution in [3.63, 3.8) is 0 Å². The molecule has 0 aliphatic rings. The van der Waals surface area contributed by atoms with Gasteiger partial charge in [-0.05, 0) is 75.8 Å². The number of carbonyl (C=O) groups is 1. The summed E-state index contributed by atoms with van der Waals surface area (Å²) >= 11 is 1.21. The topological polar surface area (TPSA) is 57.0 Å². The lowest BCUT2D eigenvalue weighted by atomic mass is 9.93. The van der Waals surface area contributed by atoms with Crippen LogP contribution in [-0.4, -0.2) is 24.6 Å². The molecule has 0 bridgehead atoms. The van der Waals surface area contributed by atoms with E-state index in [-0.39, 0.29) is 5.69 Å². The van der Waals surface area contributed by atoms with Crippen LogP contribution in [0.3, 0.4) is 0 Å². The molecular formula is C34H24F3NO4S. The predicted molar refractivity (Wildman–Crippen MR) is 162 cm³/mol. The van der Waals surface area contributed by atoms with E-state index < -0.39 is 23.3 Å². The molecule has 43 heavy (non-hydrogen) atoms. The smallest absolute Gasteiger partial charge is 0.416 e. The Morgan fingerprint density at radius 2 is 1.51 bits per heavy atom. The van der Waals surface area contributed by atoms with Crippen molar-refractivity contribution in [1.82, 2.24) is 4.40 Å². The molecule has 6 aromatic rings. The fraction of sp³-hybridized carbons (Fsp3) is 0.118. The van der Waals surface area contributed by atoms with Crippen molar-refractivity contribution >= 4 is 32.9 Å². The monoisotopic (exact) mass is 599 g/mol. The van der Waals surface area contributed by atoms with Gasteiger partial charge in [-0.1, -0.05) is 54.6 Å². The average molecular weight is 600 g/mol. The lowest BCUT2D eigenvalue weighted by molar-refractivity contribution is -0.137. The molecule has 0 fully saturated rings. The number of alkyl halides is 3. The molecule has 0 saturated carbocycles. The van der Waals surface area contributed by atoms with Gasteiger partial charge in [-0.25, -0.2) is 4.79 Å². The molecule has 6 rings (SSSR count). The molecular weight excluding hydrogens is 575 g/mol. The van der Waals surface area contributed by atoms with E-state index >= 15 is 0 Å². The molecule has 2 heterocycles. The molecule has 0 saturated heterocycles. The summed E-state index contributed by atoms with van der Waals surface area (Å²) in [6.07, 6.45) is -4.16. The normalized spacial score (nSPS) is 11.7. The van der Waals surface area contributed by atoms with Gasteiger partial charge >= 0.3 is 12.1 Å². The number of thiazole rings is 1. The Labute approximate surface area is 248 Å². The minimum Gasteiger partial charge on any atom is -0.497 e. The minimum atomic E-state index is -4.50. The molecule has 0 aliphatic heterocycles. The van der Waals surface area contributed by atoms with Crippen molar-refractivity contribution in [2.24, 2.45) is 0 Å². The molecule has 0 aliphatic carbocycles. The maximum atomic E-state index is 13.8. The zero-order chi connectivity index (χ0) is 30.3. The first kappa shape index (κ1) is 28.2. The van der Waals surface area contributed by atoms with Crippen LogP contribution in [0.1, 0.15) is 27.2 Å². The van der Waals surface area contributed by atoms with Gasteiger partial charge in [-0.15, -0.1) is 11.3 Å². The van der Waals surface area contributed by atoms with Crippen molar-refractivity contribution in [1.29, 1.82) is 0 Å². The number of aromatic nitrogens is 1. The van der Waals surface area contributed by atoms with Gasteiger partial charge in [0.05, 0.1) is 24.7 Å². The second-order valence-corrected chi connectivity index (χ2v) is 10.9. The number of halogens is 3. The zero-order valence-corrected chi connectivity index (χ0v) is 23.9. The Bertz CT molecular complexity index is 2040. The van der Waals surface area contributed by atoms with Crippen LogP contribution in [-0.2, 0) is 17.3 Å². The maximum absolute atomic E-state index is 13.8.